The molecule has 0 aliphatic heterocycles. The molecule has 1 atom stereocenters. The first-order valence-electron chi connectivity index (χ1n) is 7.46. The van der Waals surface area contributed by atoms with Crippen molar-refractivity contribution in [3.8, 4) is 5.75 Å². The van der Waals surface area contributed by atoms with E-state index in [0.717, 1.165) is 35.9 Å². The average Bonchev–Trinajstić information content (AvgIpc) is 2.51. The minimum atomic E-state index is 0.124. The van der Waals surface area contributed by atoms with E-state index in [9.17, 15) is 0 Å². The lowest BCUT2D eigenvalue weighted by molar-refractivity contribution is 0.317. The number of ether oxygens (including phenoxy) is 1. The lowest BCUT2D eigenvalue weighted by Gasteiger charge is -2.20. The van der Waals surface area contributed by atoms with Gasteiger partial charge in [-0.2, -0.15) is 0 Å². The standard InChI is InChI=1S/C18H22ClNO/c1-3-11-21-17-10-6-8-15(13-17)18(20-4-2)14-7-5-9-16(19)12-14/h5-10,12-13,18,20H,3-4,11H2,1-2H3. The van der Waals surface area contributed by atoms with Crippen molar-refractivity contribution in [2.45, 2.75) is 26.3 Å². The highest BCUT2D eigenvalue weighted by molar-refractivity contribution is 6.30. The second-order valence-corrected chi connectivity index (χ2v) is 5.40. The summed E-state index contributed by atoms with van der Waals surface area (Å²) in [6, 6.07) is 16.4. The van der Waals surface area contributed by atoms with Gasteiger partial charge in [0.25, 0.3) is 0 Å². The van der Waals surface area contributed by atoms with Crippen LogP contribution in [0.5, 0.6) is 5.75 Å². The van der Waals surface area contributed by atoms with Gasteiger partial charge in [-0.05, 0) is 48.4 Å². The Hall–Kier alpha value is -1.51. The molecule has 0 bridgehead atoms. The second-order valence-electron chi connectivity index (χ2n) is 4.97. The highest BCUT2D eigenvalue weighted by Crippen LogP contribution is 2.27. The van der Waals surface area contributed by atoms with E-state index in [2.05, 4.69) is 37.4 Å². The fourth-order valence-electron chi connectivity index (χ4n) is 2.32. The van der Waals surface area contributed by atoms with Gasteiger partial charge in [-0.15, -0.1) is 0 Å². The fraction of sp³-hybridized carbons (Fsp3) is 0.333. The average molecular weight is 304 g/mol. The molecular weight excluding hydrogens is 282 g/mol. The van der Waals surface area contributed by atoms with Crippen molar-refractivity contribution in [3.63, 3.8) is 0 Å². The zero-order valence-corrected chi connectivity index (χ0v) is 13.4. The van der Waals surface area contributed by atoms with Crippen molar-refractivity contribution in [2.24, 2.45) is 0 Å². The normalized spacial score (nSPS) is 12.1. The van der Waals surface area contributed by atoms with Crippen LogP contribution in [0, 0.1) is 0 Å². The maximum Gasteiger partial charge on any atom is 0.119 e. The zero-order chi connectivity index (χ0) is 15.1. The molecule has 0 aliphatic carbocycles. The van der Waals surface area contributed by atoms with Crippen LogP contribution in [0.1, 0.15) is 37.4 Å². The lowest BCUT2D eigenvalue weighted by atomic mass is 9.98. The summed E-state index contributed by atoms with van der Waals surface area (Å²) in [6.45, 7) is 5.84. The Bertz CT molecular complexity index is 571. The lowest BCUT2D eigenvalue weighted by Crippen LogP contribution is -2.22. The van der Waals surface area contributed by atoms with E-state index in [0.29, 0.717) is 0 Å². The van der Waals surface area contributed by atoms with Crippen LogP contribution >= 0.6 is 11.6 Å². The summed E-state index contributed by atoms with van der Waals surface area (Å²) in [5, 5.41) is 4.27. The Kier molecular flexibility index (Phi) is 6.09. The maximum atomic E-state index is 6.12. The third kappa shape index (κ3) is 4.48. The Labute approximate surface area is 132 Å². The van der Waals surface area contributed by atoms with E-state index < -0.39 is 0 Å². The van der Waals surface area contributed by atoms with Crippen molar-refractivity contribution < 1.29 is 4.74 Å². The van der Waals surface area contributed by atoms with Gasteiger partial charge < -0.3 is 10.1 Å². The van der Waals surface area contributed by atoms with Crippen LogP contribution < -0.4 is 10.1 Å². The van der Waals surface area contributed by atoms with Crippen molar-refractivity contribution in [2.75, 3.05) is 13.2 Å². The van der Waals surface area contributed by atoms with Crippen LogP contribution in [-0.4, -0.2) is 13.2 Å². The smallest absolute Gasteiger partial charge is 0.119 e. The molecule has 2 aromatic carbocycles. The summed E-state index contributed by atoms with van der Waals surface area (Å²) < 4.78 is 5.73. The van der Waals surface area contributed by atoms with Crippen LogP contribution in [0.25, 0.3) is 0 Å². The van der Waals surface area contributed by atoms with Gasteiger partial charge in [0.1, 0.15) is 5.75 Å². The van der Waals surface area contributed by atoms with Crippen molar-refractivity contribution in [1.82, 2.24) is 5.32 Å². The van der Waals surface area contributed by atoms with E-state index in [1.54, 1.807) is 0 Å². The molecule has 0 aliphatic rings. The van der Waals surface area contributed by atoms with Crippen molar-refractivity contribution in [1.29, 1.82) is 0 Å². The molecule has 0 amide bonds. The third-order valence-corrected chi connectivity index (χ3v) is 3.49. The molecule has 2 aromatic rings. The highest BCUT2D eigenvalue weighted by atomic mass is 35.5. The van der Waals surface area contributed by atoms with Crippen LogP contribution in [0.3, 0.4) is 0 Å². The van der Waals surface area contributed by atoms with Crippen LogP contribution in [-0.2, 0) is 0 Å². The molecule has 21 heavy (non-hydrogen) atoms. The minimum absolute atomic E-state index is 0.124. The number of benzene rings is 2. The molecule has 112 valence electrons. The monoisotopic (exact) mass is 303 g/mol. The van der Waals surface area contributed by atoms with Gasteiger partial charge in [0.2, 0.25) is 0 Å². The molecule has 3 heteroatoms. The predicted molar refractivity (Wildman–Crippen MR) is 89.2 cm³/mol. The zero-order valence-electron chi connectivity index (χ0n) is 12.6. The van der Waals surface area contributed by atoms with Crippen LogP contribution in [0.4, 0.5) is 0 Å². The van der Waals surface area contributed by atoms with Gasteiger partial charge in [-0.25, -0.2) is 0 Å². The summed E-state index contributed by atoms with van der Waals surface area (Å²) >= 11 is 6.12. The van der Waals surface area contributed by atoms with Gasteiger partial charge in [-0.3, -0.25) is 0 Å². The Balaban J connectivity index is 2.29. The predicted octanol–water partition coefficient (Wildman–Crippen LogP) is 4.83. The molecule has 0 saturated carbocycles. The first-order valence-corrected chi connectivity index (χ1v) is 7.84. The summed E-state index contributed by atoms with van der Waals surface area (Å²) in [4.78, 5) is 0. The number of nitrogens with one attached hydrogen (secondary N) is 1. The first-order chi connectivity index (χ1) is 10.2. The Morgan fingerprint density at radius 1 is 1.05 bits per heavy atom. The summed E-state index contributed by atoms with van der Waals surface area (Å²) in [5.41, 5.74) is 2.35. The largest absolute Gasteiger partial charge is 0.494 e. The second kappa shape index (κ2) is 8.06. The molecule has 1 N–H and O–H groups in total. The Morgan fingerprint density at radius 3 is 2.43 bits per heavy atom. The summed E-state index contributed by atoms with van der Waals surface area (Å²) in [7, 11) is 0. The van der Waals surface area contributed by atoms with Gasteiger partial charge in [0.05, 0.1) is 12.6 Å². The highest BCUT2D eigenvalue weighted by Gasteiger charge is 2.13. The summed E-state index contributed by atoms with van der Waals surface area (Å²) in [6.07, 6.45) is 1.01. The molecule has 0 aromatic heterocycles. The van der Waals surface area contributed by atoms with Gasteiger partial charge in [0.15, 0.2) is 0 Å². The Morgan fingerprint density at radius 2 is 1.76 bits per heavy atom. The molecule has 1 unspecified atom stereocenters. The molecule has 2 nitrogen and oxygen atoms in total. The summed E-state index contributed by atoms with van der Waals surface area (Å²) in [5.74, 6) is 0.916. The number of hydrogen-bond acceptors (Lipinski definition) is 2. The quantitative estimate of drug-likeness (QED) is 0.791. The fourth-order valence-corrected chi connectivity index (χ4v) is 2.52. The molecule has 0 saturated heterocycles. The van der Waals surface area contributed by atoms with Crippen LogP contribution in [0.2, 0.25) is 5.02 Å². The van der Waals surface area contributed by atoms with Gasteiger partial charge in [0, 0.05) is 5.02 Å². The molecule has 2 rings (SSSR count). The maximum absolute atomic E-state index is 6.12. The third-order valence-electron chi connectivity index (χ3n) is 3.25. The van der Waals surface area contributed by atoms with E-state index in [1.807, 2.05) is 30.3 Å². The number of hydrogen-bond donors (Lipinski definition) is 1. The molecule has 0 heterocycles. The molecule has 0 radical (unpaired) electrons. The van der Waals surface area contributed by atoms with E-state index in [-0.39, 0.29) is 6.04 Å². The number of halogens is 1. The van der Waals surface area contributed by atoms with Crippen molar-refractivity contribution in [3.05, 3.63) is 64.7 Å². The minimum Gasteiger partial charge on any atom is -0.494 e. The van der Waals surface area contributed by atoms with Gasteiger partial charge in [-0.1, -0.05) is 49.7 Å². The van der Waals surface area contributed by atoms with E-state index in [1.165, 1.54) is 5.56 Å². The van der Waals surface area contributed by atoms with Gasteiger partial charge >= 0.3 is 0 Å². The topological polar surface area (TPSA) is 21.3 Å². The molecule has 0 fully saturated rings. The molecular formula is C18H22ClNO. The molecule has 0 spiro atoms. The van der Waals surface area contributed by atoms with Crippen LogP contribution in [0.15, 0.2) is 48.5 Å². The first kappa shape index (κ1) is 15.9. The van der Waals surface area contributed by atoms with E-state index in [4.69, 9.17) is 16.3 Å². The van der Waals surface area contributed by atoms with E-state index >= 15 is 0 Å². The SMILES string of the molecule is CCCOc1cccc(C(NCC)c2cccc(Cl)c2)c1. The number of rotatable bonds is 7. The van der Waals surface area contributed by atoms with Crippen molar-refractivity contribution >= 4 is 11.6 Å².